The molecule has 1 aliphatic heterocycles. The highest BCUT2D eigenvalue weighted by molar-refractivity contribution is 5.87. The van der Waals surface area contributed by atoms with E-state index in [0.29, 0.717) is 25.1 Å². The van der Waals surface area contributed by atoms with Gasteiger partial charge in [0.25, 0.3) is 0 Å². The highest BCUT2D eigenvalue weighted by atomic mass is 16.6. The lowest BCUT2D eigenvalue weighted by Gasteiger charge is -2.29. The number of fused-ring (bicyclic) bond motifs is 4. The molecular weight excluding hydrogens is 380 g/mol. The van der Waals surface area contributed by atoms with E-state index in [4.69, 9.17) is 4.74 Å². The Bertz CT molecular complexity index is 1110. The predicted octanol–water partition coefficient (Wildman–Crippen LogP) is 4.09. The summed E-state index contributed by atoms with van der Waals surface area (Å²) >= 11 is 0. The van der Waals surface area contributed by atoms with Gasteiger partial charge in [-0.2, -0.15) is 0 Å². The summed E-state index contributed by atoms with van der Waals surface area (Å²) in [6, 6.07) is 18.2. The molecule has 0 fully saturated rings. The first-order valence-corrected chi connectivity index (χ1v) is 9.93. The second-order valence-electron chi connectivity index (χ2n) is 7.58. The van der Waals surface area contributed by atoms with Crippen LogP contribution >= 0.6 is 0 Å². The third kappa shape index (κ3) is 3.01. The summed E-state index contributed by atoms with van der Waals surface area (Å²) in [5.74, 6) is -1.03. The van der Waals surface area contributed by atoms with Gasteiger partial charge >= 0.3 is 12.1 Å². The van der Waals surface area contributed by atoms with Gasteiger partial charge in [0.05, 0.1) is 0 Å². The van der Waals surface area contributed by atoms with E-state index in [2.05, 4.69) is 29.2 Å². The minimum Gasteiger partial charge on any atom is -0.477 e. The molecule has 6 nitrogen and oxygen atoms in total. The number of pyridine rings is 1. The summed E-state index contributed by atoms with van der Waals surface area (Å²) in [5, 5.41) is 9.31. The van der Waals surface area contributed by atoms with Gasteiger partial charge in [-0.15, -0.1) is 0 Å². The van der Waals surface area contributed by atoms with Crippen molar-refractivity contribution in [1.29, 1.82) is 0 Å². The lowest BCUT2D eigenvalue weighted by atomic mass is 9.98. The highest BCUT2D eigenvalue weighted by Gasteiger charge is 2.31. The molecule has 0 bridgehead atoms. The highest BCUT2D eigenvalue weighted by Crippen LogP contribution is 2.44. The number of aromatic carboxylic acids is 1. The maximum absolute atomic E-state index is 12.8. The van der Waals surface area contributed by atoms with Gasteiger partial charge in [0.15, 0.2) is 5.69 Å². The average molecular weight is 400 g/mol. The maximum Gasteiger partial charge on any atom is 0.410 e. The van der Waals surface area contributed by atoms with E-state index in [1.165, 1.54) is 28.5 Å². The van der Waals surface area contributed by atoms with Gasteiger partial charge in [-0.25, -0.2) is 14.6 Å². The first-order valence-electron chi connectivity index (χ1n) is 9.93. The number of carboxylic acid groups (broad SMARTS) is 1. The van der Waals surface area contributed by atoms with Crippen molar-refractivity contribution >= 4 is 12.1 Å². The fourth-order valence-electron chi connectivity index (χ4n) is 4.52. The Kier molecular flexibility index (Phi) is 4.47. The molecule has 0 radical (unpaired) electrons. The van der Waals surface area contributed by atoms with Crippen molar-refractivity contribution in [3.8, 4) is 11.1 Å². The lowest BCUT2D eigenvalue weighted by molar-refractivity contribution is 0.0688. The van der Waals surface area contributed by atoms with E-state index >= 15 is 0 Å². The van der Waals surface area contributed by atoms with Gasteiger partial charge < -0.3 is 14.7 Å². The van der Waals surface area contributed by atoms with E-state index in [-0.39, 0.29) is 24.3 Å². The van der Waals surface area contributed by atoms with Crippen LogP contribution in [0.4, 0.5) is 4.79 Å². The summed E-state index contributed by atoms with van der Waals surface area (Å²) in [4.78, 5) is 29.7. The molecule has 0 atom stereocenters. The molecule has 3 aromatic rings. The molecule has 1 N–H and O–H groups in total. The second-order valence-corrected chi connectivity index (χ2v) is 7.58. The topological polar surface area (TPSA) is 79.7 Å². The van der Waals surface area contributed by atoms with Crippen molar-refractivity contribution in [3.63, 3.8) is 0 Å². The number of nitrogens with zero attached hydrogens (tertiary/aromatic N) is 2. The molecule has 2 aromatic carbocycles. The van der Waals surface area contributed by atoms with E-state index in [1.807, 2.05) is 24.3 Å². The molecule has 150 valence electrons. The van der Waals surface area contributed by atoms with Crippen molar-refractivity contribution in [3.05, 3.63) is 88.7 Å². The molecular formula is C24H20N2O4. The Hall–Kier alpha value is -3.67. The quantitative estimate of drug-likeness (QED) is 0.716. The normalized spacial score (nSPS) is 14.6. The lowest BCUT2D eigenvalue weighted by Crippen LogP contribution is -2.37. The Morgan fingerprint density at radius 3 is 2.37 bits per heavy atom. The first-order chi connectivity index (χ1) is 14.6. The van der Waals surface area contributed by atoms with Crippen LogP contribution in [0.2, 0.25) is 0 Å². The summed E-state index contributed by atoms with van der Waals surface area (Å²) in [7, 11) is 0. The van der Waals surface area contributed by atoms with Gasteiger partial charge in [0.1, 0.15) is 6.61 Å². The third-order valence-corrected chi connectivity index (χ3v) is 5.94. The average Bonchev–Trinajstić information content (AvgIpc) is 3.10. The third-order valence-electron chi connectivity index (χ3n) is 5.94. The molecule has 2 aliphatic rings. The fourth-order valence-corrected chi connectivity index (χ4v) is 4.52. The number of ether oxygens (including phenoxy) is 1. The Morgan fingerprint density at radius 2 is 1.70 bits per heavy atom. The number of aromatic nitrogens is 1. The predicted molar refractivity (Wildman–Crippen MR) is 110 cm³/mol. The van der Waals surface area contributed by atoms with Gasteiger partial charge in [-0.05, 0) is 45.9 Å². The van der Waals surface area contributed by atoms with Crippen LogP contribution in [0.3, 0.4) is 0 Å². The van der Waals surface area contributed by atoms with Gasteiger partial charge in [0, 0.05) is 25.2 Å². The van der Waals surface area contributed by atoms with Crippen LogP contribution in [0.25, 0.3) is 11.1 Å². The molecule has 0 spiro atoms. The number of benzene rings is 2. The molecule has 1 aromatic heterocycles. The largest absolute Gasteiger partial charge is 0.477 e. The zero-order chi connectivity index (χ0) is 20.7. The van der Waals surface area contributed by atoms with E-state index in [0.717, 1.165) is 5.56 Å². The number of hydrogen-bond donors (Lipinski definition) is 1. The SMILES string of the molecule is O=C(O)c1nccc2c1CCN(C(=O)OCC1c3ccccc3-c3ccccc31)C2. The Labute approximate surface area is 173 Å². The number of carboxylic acids is 1. The molecule has 5 rings (SSSR count). The van der Waals surface area contributed by atoms with Crippen LogP contribution in [0.15, 0.2) is 60.8 Å². The molecule has 0 saturated heterocycles. The molecule has 6 heteroatoms. The van der Waals surface area contributed by atoms with Crippen molar-refractivity contribution < 1.29 is 19.4 Å². The van der Waals surface area contributed by atoms with E-state index in [1.54, 1.807) is 11.0 Å². The smallest absolute Gasteiger partial charge is 0.410 e. The van der Waals surface area contributed by atoms with Gasteiger partial charge in [-0.1, -0.05) is 48.5 Å². The van der Waals surface area contributed by atoms with Crippen LogP contribution in [-0.4, -0.2) is 40.2 Å². The summed E-state index contributed by atoms with van der Waals surface area (Å²) < 4.78 is 5.73. The van der Waals surface area contributed by atoms with Gasteiger partial charge in [0.2, 0.25) is 0 Å². The van der Waals surface area contributed by atoms with Crippen LogP contribution in [0.1, 0.15) is 38.7 Å². The van der Waals surface area contributed by atoms with E-state index < -0.39 is 5.97 Å². The molecule has 1 aliphatic carbocycles. The zero-order valence-corrected chi connectivity index (χ0v) is 16.2. The molecule has 1 amide bonds. The minimum absolute atomic E-state index is 0.0150. The van der Waals surface area contributed by atoms with Crippen LogP contribution < -0.4 is 0 Å². The second kappa shape index (κ2) is 7.30. The first kappa shape index (κ1) is 18.4. The Morgan fingerprint density at radius 1 is 1.03 bits per heavy atom. The number of rotatable bonds is 3. The van der Waals surface area contributed by atoms with E-state index in [9.17, 15) is 14.7 Å². The Balaban J connectivity index is 1.32. The number of carbonyl (C=O) groups is 2. The number of carbonyl (C=O) groups excluding carboxylic acids is 1. The number of hydrogen-bond acceptors (Lipinski definition) is 4. The van der Waals surface area contributed by atoms with Crippen LogP contribution in [0.5, 0.6) is 0 Å². The molecule has 2 heterocycles. The molecule has 0 saturated carbocycles. The standard InChI is InChI=1S/C24H20N2O4/c27-23(28)22-16-10-12-26(13-15(16)9-11-25-22)24(29)30-14-21-19-7-3-1-5-17(19)18-6-2-4-8-20(18)21/h1-9,11,21H,10,12-14H2,(H,27,28). The van der Waals surface area contributed by atoms with Crippen molar-refractivity contribution in [1.82, 2.24) is 9.88 Å². The van der Waals surface area contributed by atoms with Crippen LogP contribution in [-0.2, 0) is 17.7 Å². The monoisotopic (exact) mass is 400 g/mol. The van der Waals surface area contributed by atoms with Gasteiger partial charge in [-0.3, -0.25) is 0 Å². The molecule has 0 unspecified atom stereocenters. The van der Waals surface area contributed by atoms with Crippen LogP contribution in [0, 0.1) is 0 Å². The fraction of sp³-hybridized carbons (Fsp3) is 0.208. The van der Waals surface area contributed by atoms with Crippen molar-refractivity contribution in [2.24, 2.45) is 0 Å². The zero-order valence-electron chi connectivity index (χ0n) is 16.2. The maximum atomic E-state index is 12.8. The molecule has 30 heavy (non-hydrogen) atoms. The summed E-state index contributed by atoms with van der Waals surface area (Å²) in [6.07, 6.45) is 1.55. The summed E-state index contributed by atoms with van der Waals surface area (Å²) in [5.41, 5.74) is 6.30. The summed E-state index contributed by atoms with van der Waals surface area (Å²) in [6.45, 7) is 1.01. The van der Waals surface area contributed by atoms with Crippen molar-refractivity contribution in [2.75, 3.05) is 13.2 Å². The van der Waals surface area contributed by atoms with Crippen molar-refractivity contribution in [2.45, 2.75) is 18.9 Å². The number of amides is 1. The minimum atomic E-state index is -1.04.